The number of hydrogen-bond acceptors (Lipinski definition) is 4. The van der Waals surface area contributed by atoms with Crippen LogP contribution in [0.2, 0.25) is 0 Å². The Morgan fingerprint density at radius 1 is 1.19 bits per heavy atom. The summed E-state index contributed by atoms with van der Waals surface area (Å²) in [5.74, 6) is 0.339. The van der Waals surface area contributed by atoms with E-state index in [0.717, 1.165) is 5.56 Å². The van der Waals surface area contributed by atoms with E-state index in [1.807, 2.05) is 37.3 Å². The quantitative estimate of drug-likeness (QED) is 0.822. The molecule has 1 heterocycles. The number of nitrogens with zero attached hydrogens (tertiary/aromatic N) is 2. The fourth-order valence-electron chi connectivity index (χ4n) is 2.32. The standard InChI is InChI=1S/C15H20N2O3S/c1-4-17(11-10-14-8-6-5-7-9-14)21(18,19)15-12(2)16-20-13(15)3/h5-9H,4,10-11H2,1-3H3. The van der Waals surface area contributed by atoms with Gasteiger partial charge in [0.1, 0.15) is 10.6 Å². The second-order valence-corrected chi connectivity index (χ2v) is 6.76. The van der Waals surface area contributed by atoms with Crippen molar-refractivity contribution < 1.29 is 12.9 Å². The highest BCUT2D eigenvalue weighted by Crippen LogP contribution is 2.23. The maximum atomic E-state index is 12.7. The van der Waals surface area contributed by atoms with Gasteiger partial charge in [0.2, 0.25) is 10.0 Å². The van der Waals surface area contributed by atoms with Crippen LogP contribution in [0.5, 0.6) is 0 Å². The van der Waals surface area contributed by atoms with Gasteiger partial charge in [-0.1, -0.05) is 42.4 Å². The molecule has 1 aromatic carbocycles. The highest BCUT2D eigenvalue weighted by atomic mass is 32.2. The summed E-state index contributed by atoms with van der Waals surface area (Å²) in [6, 6.07) is 9.84. The maximum Gasteiger partial charge on any atom is 0.248 e. The van der Waals surface area contributed by atoms with Crippen molar-refractivity contribution in [3.8, 4) is 0 Å². The van der Waals surface area contributed by atoms with Gasteiger partial charge in [0.25, 0.3) is 0 Å². The minimum atomic E-state index is -3.56. The molecule has 0 bridgehead atoms. The fourth-order valence-corrected chi connectivity index (χ4v) is 4.06. The summed E-state index contributed by atoms with van der Waals surface area (Å²) in [5.41, 5.74) is 1.52. The number of sulfonamides is 1. The van der Waals surface area contributed by atoms with E-state index in [-0.39, 0.29) is 4.90 Å². The number of benzene rings is 1. The first-order chi connectivity index (χ1) is 9.96. The first-order valence-electron chi connectivity index (χ1n) is 6.93. The van der Waals surface area contributed by atoms with Crippen molar-refractivity contribution >= 4 is 10.0 Å². The molecule has 0 aliphatic heterocycles. The third-order valence-corrected chi connectivity index (χ3v) is 5.63. The second kappa shape index (κ2) is 6.41. The lowest BCUT2D eigenvalue weighted by molar-refractivity contribution is 0.389. The van der Waals surface area contributed by atoms with E-state index in [4.69, 9.17) is 4.52 Å². The van der Waals surface area contributed by atoms with E-state index in [1.54, 1.807) is 13.8 Å². The van der Waals surface area contributed by atoms with Crippen LogP contribution in [0.25, 0.3) is 0 Å². The number of aryl methyl sites for hydroxylation is 2. The van der Waals surface area contributed by atoms with Gasteiger partial charge in [-0.25, -0.2) is 8.42 Å². The summed E-state index contributed by atoms with van der Waals surface area (Å²) < 4.78 is 31.9. The van der Waals surface area contributed by atoms with Crippen molar-refractivity contribution in [3.05, 3.63) is 47.3 Å². The van der Waals surface area contributed by atoms with Crippen LogP contribution in [0.1, 0.15) is 23.9 Å². The Morgan fingerprint density at radius 3 is 2.38 bits per heavy atom. The minimum absolute atomic E-state index is 0.192. The van der Waals surface area contributed by atoms with E-state index in [1.165, 1.54) is 4.31 Å². The molecule has 0 aliphatic rings. The first-order valence-corrected chi connectivity index (χ1v) is 8.37. The molecule has 6 heteroatoms. The summed E-state index contributed by atoms with van der Waals surface area (Å²) in [6.07, 6.45) is 0.678. The van der Waals surface area contributed by atoms with Crippen LogP contribution in [-0.2, 0) is 16.4 Å². The van der Waals surface area contributed by atoms with Gasteiger partial charge in [-0.05, 0) is 25.8 Å². The molecular formula is C15H20N2O3S. The van der Waals surface area contributed by atoms with Gasteiger partial charge in [-0.2, -0.15) is 4.31 Å². The molecule has 2 aromatic rings. The predicted molar refractivity (Wildman–Crippen MR) is 80.6 cm³/mol. The number of hydrogen-bond donors (Lipinski definition) is 0. The van der Waals surface area contributed by atoms with Crippen LogP contribution < -0.4 is 0 Å². The Morgan fingerprint density at radius 2 is 1.86 bits per heavy atom. The van der Waals surface area contributed by atoms with Gasteiger partial charge in [0.15, 0.2) is 5.76 Å². The van der Waals surface area contributed by atoms with Crippen LogP contribution in [0, 0.1) is 13.8 Å². The van der Waals surface area contributed by atoms with Crippen LogP contribution in [0.3, 0.4) is 0 Å². The molecular weight excluding hydrogens is 288 g/mol. The van der Waals surface area contributed by atoms with Crippen molar-refractivity contribution in [2.45, 2.75) is 32.1 Å². The third kappa shape index (κ3) is 3.33. The largest absolute Gasteiger partial charge is 0.360 e. The smallest absolute Gasteiger partial charge is 0.248 e. The summed E-state index contributed by atoms with van der Waals surface area (Å²) in [5, 5.41) is 3.74. The molecule has 21 heavy (non-hydrogen) atoms. The van der Waals surface area contributed by atoms with Crippen molar-refractivity contribution in [2.24, 2.45) is 0 Å². The van der Waals surface area contributed by atoms with Crippen molar-refractivity contribution in [1.29, 1.82) is 0 Å². The topological polar surface area (TPSA) is 63.4 Å². The van der Waals surface area contributed by atoms with Gasteiger partial charge in [0.05, 0.1) is 0 Å². The molecule has 2 rings (SSSR count). The SMILES string of the molecule is CCN(CCc1ccccc1)S(=O)(=O)c1c(C)noc1C. The second-order valence-electron chi connectivity index (χ2n) is 4.89. The van der Waals surface area contributed by atoms with E-state index in [2.05, 4.69) is 5.16 Å². The molecule has 0 saturated heterocycles. The monoisotopic (exact) mass is 308 g/mol. The van der Waals surface area contributed by atoms with Gasteiger partial charge in [-0.15, -0.1) is 0 Å². The van der Waals surface area contributed by atoms with Gasteiger partial charge in [0, 0.05) is 13.1 Å². The van der Waals surface area contributed by atoms with Gasteiger partial charge < -0.3 is 4.52 Å². The van der Waals surface area contributed by atoms with E-state index >= 15 is 0 Å². The maximum absolute atomic E-state index is 12.7. The normalized spacial score (nSPS) is 12.0. The summed E-state index contributed by atoms with van der Waals surface area (Å²) in [4.78, 5) is 0.192. The predicted octanol–water partition coefficient (Wildman–Crippen LogP) is 2.54. The molecule has 114 valence electrons. The Balaban J connectivity index is 2.21. The van der Waals surface area contributed by atoms with E-state index in [9.17, 15) is 8.42 Å². The highest BCUT2D eigenvalue weighted by molar-refractivity contribution is 7.89. The first kappa shape index (κ1) is 15.7. The van der Waals surface area contributed by atoms with Crippen LogP contribution in [-0.4, -0.2) is 31.0 Å². The summed E-state index contributed by atoms with van der Waals surface area (Å²) in [6.45, 7) is 5.96. The molecule has 0 N–H and O–H groups in total. The molecule has 0 fully saturated rings. The Bertz CT molecular complexity index is 673. The molecule has 0 amide bonds. The molecule has 0 atom stereocenters. The average molecular weight is 308 g/mol. The average Bonchev–Trinajstić information content (AvgIpc) is 2.80. The molecule has 0 radical (unpaired) electrons. The van der Waals surface area contributed by atoms with Crippen LogP contribution >= 0.6 is 0 Å². The molecule has 0 aliphatic carbocycles. The summed E-state index contributed by atoms with van der Waals surface area (Å²) in [7, 11) is -3.56. The zero-order valence-electron chi connectivity index (χ0n) is 12.5. The summed E-state index contributed by atoms with van der Waals surface area (Å²) >= 11 is 0. The van der Waals surface area contributed by atoms with Crippen molar-refractivity contribution in [2.75, 3.05) is 13.1 Å². The van der Waals surface area contributed by atoms with Crippen LogP contribution in [0.15, 0.2) is 39.8 Å². The number of rotatable bonds is 6. The lowest BCUT2D eigenvalue weighted by atomic mass is 10.1. The lowest BCUT2D eigenvalue weighted by Gasteiger charge is -2.20. The van der Waals surface area contributed by atoms with Gasteiger partial charge >= 0.3 is 0 Å². The fraction of sp³-hybridized carbons (Fsp3) is 0.400. The molecule has 1 aromatic heterocycles. The lowest BCUT2D eigenvalue weighted by Crippen LogP contribution is -2.33. The van der Waals surface area contributed by atoms with Gasteiger partial charge in [-0.3, -0.25) is 0 Å². The number of aromatic nitrogens is 1. The Hall–Kier alpha value is -1.66. The number of likely N-dealkylation sites (N-methyl/N-ethyl adjacent to an activating group) is 1. The molecule has 0 saturated carbocycles. The Labute approximate surface area is 125 Å². The molecule has 5 nitrogen and oxygen atoms in total. The molecule has 0 spiro atoms. The third-order valence-electron chi connectivity index (χ3n) is 3.41. The van der Waals surface area contributed by atoms with Crippen LogP contribution in [0.4, 0.5) is 0 Å². The Kier molecular flexibility index (Phi) is 4.80. The zero-order chi connectivity index (χ0) is 15.5. The highest BCUT2D eigenvalue weighted by Gasteiger charge is 2.29. The minimum Gasteiger partial charge on any atom is -0.360 e. The van der Waals surface area contributed by atoms with E-state index in [0.29, 0.717) is 31.0 Å². The van der Waals surface area contributed by atoms with E-state index < -0.39 is 10.0 Å². The molecule has 0 unspecified atom stereocenters. The van der Waals surface area contributed by atoms with Crippen molar-refractivity contribution in [1.82, 2.24) is 9.46 Å². The zero-order valence-corrected chi connectivity index (χ0v) is 13.4. The van der Waals surface area contributed by atoms with Crippen molar-refractivity contribution in [3.63, 3.8) is 0 Å².